The quantitative estimate of drug-likeness (QED) is 0.163. The zero-order chi connectivity index (χ0) is 36.0. The largest absolute Gasteiger partial charge is 0.505 e. The van der Waals surface area contributed by atoms with E-state index in [4.69, 9.17) is 0 Å². The lowest BCUT2D eigenvalue weighted by molar-refractivity contribution is -0.392. The van der Waals surface area contributed by atoms with Crippen LogP contribution in [0.3, 0.4) is 0 Å². The first-order chi connectivity index (χ1) is 23.7. The molecule has 6 atom stereocenters. The van der Waals surface area contributed by atoms with Gasteiger partial charge in [0, 0.05) is 37.7 Å². The number of nitrogens with zero attached hydrogens (tertiary/aromatic N) is 5. The first-order valence-electron chi connectivity index (χ1n) is 15.8. The number of hydrogen-bond acceptors (Lipinski definition) is 10. The Morgan fingerprint density at radius 2 is 1.50 bits per heavy atom. The fourth-order valence-corrected chi connectivity index (χ4v) is 8.66. The topological polar surface area (TPSA) is 185 Å². The summed E-state index contributed by atoms with van der Waals surface area (Å²) in [6.45, 7) is 1.59. The summed E-state index contributed by atoms with van der Waals surface area (Å²) < 4.78 is 14.9. The van der Waals surface area contributed by atoms with Gasteiger partial charge in [0.1, 0.15) is 0 Å². The standard InChI is InChI=1S/C35H30FN5O9/c1-35-23(32(44)39(34(35)46)17-8-5-4-6-9-17)16-22-19(28(35)21-10-7-11-24(36)30(21)42)12-13-20-27(22)33(45)38(31(20)43)18-14-25(40(47)48)29(37(2)3)26(15-18)41(49)50/h4-12,14-15,20,22-23,27-28,42H,13,16H2,1-3H3. The fraction of sp³-hybridized carbons (Fsp3) is 0.314. The van der Waals surface area contributed by atoms with E-state index in [0.717, 1.165) is 28.0 Å². The lowest BCUT2D eigenvalue weighted by Crippen LogP contribution is -2.49. The Hall–Kier alpha value is -5.99. The van der Waals surface area contributed by atoms with Gasteiger partial charge in [-0.3, -0.25) is 39.4 Å². The van der Waals surface area contributed by atoms with Crippen molar-refractivity contribution < 1.29 is 38.5 Å². The van der Waals surface area contributed by atoms with Gasteiger partial charge in [0.25, 0.3) is 0 Å². The number of carbonyl (C=O) groups is 4. The number of nitro groups is 2. The van der Waals surface area contributed by atoms with E-state index in [-0.39, 0.29) is 29.8 Å². The SMILES string of the molecule is CN(C)c1c([N+](=O)[O-])cc(N2C(=O)C3CC=C4C(CC5C(=O)N(c6ccccc6)C(=O)C5(C)C4c4cccc(F)c4O)C3C2=O)cc1[N+](=O)[O-]. The number of para-hydroxylation sites is 2. The predicted molar refractivity (Wildman–Crippen MR) is 176 cm³/mol. The molecule has 0 aromatic heterocycles. The molecule has 0 radical (unpaired) electrons. The van der Waals surface area contributed by atoms with Gasteiger partial charge in [-0.1, -0.05) is 42.0 Å². The number of amides is 4. The molecule has 1 N–H and O–H groups in total. The van der Waals surface area contributed by atoms with E-state index in [9.17, 15) is 48.9 Å². The number of halogens is 1. The Morgan fingerprint density at radius 3 is 2.10 bits per heavy atom. The van der Waals surface area contributed by atoms with Crippen LogP contribution in [0.25, 0.3) is 0 Å². The first kappa shape index (κ1) is 32.6. The number of allylic oxidation sites excluding steroid dienone is 2. The highest BCUT2D eigenvalue weighted by molar-refractivity contribution is 6.25. The van der Waals surface area contributed by atoms with Gasteiger partial charge in [-0.05, 0) is 43.9 Å². The van der Waals surface area contributed by atoms with Crippen molar-refractivity contribution in [2.45, 2.75) is 25.7 Å². The fourth-order valence-electron chi connectivity index (χ4n) is 8.66. The van der Waals surface area contributed by atoms with Gasteiger partial charge in [0.15, 0.2) is 17.3 Å². The lowest BCUT2D eigenvalue weighted by atomic mass is 9.51. The summed E-state index contributed by atoms with van der Waals surface area (Å²) >= 11 is 0. The molecule has 15 heteroatoms. The number of benzene rings is 3. The van der Waals surface area contributed by atoms with Crippen LogP contribution in [0.4, 0.5) is 32.8 Å². The number of phenols is 1. The second-order valence-corrected chi connectivity index (χ2v) is 13.4. The summed E-state index contributed by atoms with van der Waals surface area (Å²) in [4.78, 5) is 82.5. The van der Waals surface area contributed by atoms with Crippen molar-refractivity contribution in [2.24, 2.45) is 29.1 Å². The van der Waals surface area contributed by atoms with Gasteiger partial charge in [0.2, 0.25) is 23.6 Å². The number of imide groups is 2. The van der Waals surface area contributed by atoms with Crippen LogP contribution >= 0.6 is 0 Å². The summed E-state index contributed by atoms with van der Waals surface area (Å²) in [7, 11) is 2.78. The lowest BCUT2D eigenvalue weighted by Gasteiger charge is -2.49. The molecule has 14 nitrogen and oxygen atoms in total. The van der Waals surface area contributed by atoms with Crippen LogP contribution in [0.5, 0.6) is 5.75 Å². The predicted octanol–water partition coefficient (Wildman–Crippen LogP) is 4.85. The van der Waals surface area contributed by atoms with Crippen LogP contribution in [0.1, 0.15) is 31.2 Å². The number of fused-ring (bicyclic) bond motifs is 4. The zero-order valence-electron chi connectivity index (χ0n) is 27.0. The number of hydrogen-bond donors (Lipinski definition) is 1. The Morgan fingerprint density at radius 1 is 0.860 bits per heavy atom. The molecule has 4 amide bonds. The maximum Gasteiger partial charge on any atom is 0.301 e. The molecular formula is C35H30FN5O9. The minimum Gasteiger partial charge on any atom is -0.505 e. The number of aromatic hydroxyl groups is 1. The van der Waals surface area contributed by atoms with Gasteiger partial charge in [-0.15, -0.1) is 0 Å². The molecule has 1 saturated carbocycles. The molecule has 2 aliphatic carbocycles. The van der Waals surface area contributed by atoms with Crippen molar-refractivity contribution in [3.8, 4) is 5.75 Å². The number of nitro benzene ring substituents is 2. The molecule has 3 aromatic rings. The van der Waals surface area contributed by atoms with Crippen LogP contribution in [-0.4, -0.2) is 52.7 Å². The van der Waals surface area contributed by atoms with Crippen molar-refractivity contribution in [2.75, 3.05) is 28.8 Å². The molecule has 0 spiro atoms. The van der Waals surface area contributed by atoms with Gasteiger partial charge in [0.05, 0.1) is 44.4 Å². The van der Waals surface area contributed by atoms with Crippen molar-refractivity contribution in [3.63, 3.8) is 0 Å². The molecule has 2 aliphatic heterocycles. The van der Waals surface area contributed by atoms with E-state index in [1.165, 1.54) is 31.1 Å². The molecule has 7 rings (SSSR count). The minimum atomic E-state index is -1.53. The Kier molecular flexibility index (Phi) is 7.35. The van der Waals surface area contributed by atoms with Crippen LogP contribution in [-0.2, 0) is 19.2 Å². The van der Waals surface area contributed by atoms with Crippen molar-refractivity contribution in [3.05, 3.63) is 104 Å². The van der Waals surface area contributed by atoms with Crippen molar-refractivity contribution >= 4 is 52.1 Å². The van der Waals surface area contributed by atoms with E-state index in [2.05, 4.69) is 0 Å². The van der Waals surface area contributed by atoms with Crippen LogP contribution in [0.2, 0.25) is 0 Å². The third kappa shape index (κ3) is 4.38. The van der Waals surface area contributed by atoms with Gasteiger partial charge in [-0.2, -0.15) is 0 Å². The van der Waals surface area contributed by atoms with Crippen LogP contribution < -0.4 is 14.7 Å². The summed E-state index contributed by atoms with van der Waals surface area (Å²) in [6, 6.07) is 14.1. The van der Waals surface area contributed by atoms with Gasteiger partial charge in [-0.25, -0.2) is 14.2 Å². The van der Waals surface area contributed by atoms with Gasteiger partial charge >= 0.3 is 11.4 Å². The van der Waals surface area contributed by atoms with E-state index in [1.54, 1.807) is 43.3 Å². The minimum absolute atomic E-state index is 0.0185. The maximum atomic E-state index is 14.9. The molecule has 3 fully saturated rings. The normalized spacial score (nSPS) is 27.1. The number of anilines is 3. The highest BCUT2D eigenvalue weighted by atomic mass is 19.1. The molecule has 6 unspecified atom stereocenters. The highest BCUT2D eigenvalue weighted by Crippen LogP contribution is 2.64. The summed E-state index contributed by atoms with van der Waals surface area (Å²) in [5.41, 5.74) is -2.71. The molecule has 50 heavy (non-hydrogen) atoms. The summed E-state index contributed by atoms with van der Waals surface area (Å²) in [6.07, 6.45) is 1.63. The van der Waals surface area contributed by atoms with E-state index in [1.807, 2.05) is 0 Å². The van der Waals surface area contributed by atoms with Crippen molar-refractivity contribution in [1.82, 2.24) is 0 Å². The second kappa shape index (κ2) is 11.3. The summed E-state index contributed by atoms with van der Waals surface area (Å²) in [5, 5.41) is 35.2. The van der Waals surface area contributed by atoms with E-state index >= 15 is 0 Å². The maximum absolute atomic E-state index is 14.9. The zero-order valence-corrected chi connectivity index (χ0v) is 27.0. The third-order valence-corrected chi connectivity index (χ3v) is 10.8. The molecule has 2 heterocycles. The molecule has 3 aromatic carbocycles. The van der Waals surface area contributed by atoms with Crippen LogP contribution in [0.15, 0.2) is 72.3 Å². The van der Waals surface area contributed by atoms with E-state index in [0.29, 0.717) is 11.3 Å². The third-order valence-electron chi connectivity index (χ3n) is 10.8. The number of phenolic OH excluding ortho intramolecular Hbond substituents is 1. The average Bonchev–Trinajstić information content (AvgIpc) is 3.45. The second-order valence-electron chi connectivity index (χ2n) is 13.4. The smallest absolute Gasteiger partial charge is 0.301 e. The molecule has 256 valence electrons. The van der Waals surface area contributed by atoms with E-state index < -0.39 is 91.4 Å². The monoisotopic (exact) mass is 683 g/mol. The molecular weight excluding hydrogens is 653 g/mol. The average molecular weight is 684 g/mol. The number of rotatable bonds is 6. The number of carbonyl (C=O) groups excluding carboxylic acids is 4. The molecule has 2 saturated heterocycles. The first-order valence-corrected chi connectivity index (χ1v) is 15.8. The Labute approximate surface area is 283 Å². The Balaban J connectivity index is 1.37. The Bertz CT molecular complexity index is 2050. The highest BCUT2D eigenvalue weighted by Gasteiger charge is 2.68. The van der Waals surface area contributed by atoms with Gasteiger partial charge < -0.3 is 10.0 Å². The summed E-state index contributed by atoms with van der Waals surface area (Å²) in [5.74, 6) is -9.37. The molecule has 4 aliphatic rings. The van der Waals surface area contributed by atoms with Crippen molar-refractivity contribution in [1.29, 1.82) is 0 Å². The van der Waals surface area contributed by atoms with Crippen LogP contribution in [0, 0.1) is 55.1 Å². The molecule has 0 bridgehead atoms.